The number of β-amino-alcohol motifs (C(OH)–C–C–N with tert-alkyl or cyclic N) is 1. The summed E-state index contributed by atoms with van der Waals surface area (Å²) in [7, 11) is 1.48. The predicted molar refractivity (Wildman–Crippen MR) is 106 cm³/mol. The fraction of sp³-hybridized carbons (Fsp3) is 0.273. The minimum Gasteiger partial charge on any atom is -0.508 e. The van der Waals surface area contributed by atoms with E-state index in [4.69, 9.17) is 4.74 Å². The Labute approximate surface area is 163 Å². The number of rotatable bonds is 4. The van der Waals surface area contributed by atoms with Crippen molar-refractivity contribution in [3.8, 4) is 11.5 Å². The molecule has 1 saturated heterocycles. The SMILES string of the molecule is COc1cc(O)cc(C(=O)N2C[C@@H](Cc3ccc4ccccc4n3)[C@H](O)C2)c1. The van der Waals surface area contributed by atoms with Crippen molar-refractivity contribution < 1.29 is 19.7 Å². The third-order valence-electron chi connectivity index (χ3n) is 5.20. The standard InChI is InChI=1S/C22H22N2O4/c1-28-19-10-15(9-18(25)11-19)22(27)24-12-16(21(26)13-24)8-17-7-6-14-4-2-3-5-20(14)23-17/h2-7,9-11,16,21,25-26H,8,12-13H2,1H3/t16-,21-/m1/s1. The lowest BCUT2D eigenvalue weighted by Gasteiger charge is -2.17. The van der Waals surface area contributed by atoms with Crippen molar-refractivity contribution in [1.29, 1.82) is 0 Å². The summed E-state index contributed by atoms with van der Waals surface area (Å²) in [4.78, 5) is 19.1. The smallest absolute Gasteiger partial charge is 0.254 e. The number of nitrogens with zero attached hydrogens (tertiary/aromatic N) is 2. The predicted octanol–water partition coefficient (Wildman–Crippen LogP) is 2.62. The van der Waals surface area contributed by atoms with Gasteiger partial charge < -0.3 is 19.8 Å². The Morgan fingerprint density at radius 2 is 2.00 bits per heavy atom. The zero-order valence-electron chi connectivity index (χ0n) is 15.6. The highest BCUT2D eigenvalue weighted by molar-refractivity contribution is 5.95. The van der Waals surface area contributed by atoms with Crippen LogP contribution in [0.2, 0.25) is 0 Å². The van der Waals surface area contributed by atoms with Crippen LogP contribution in [0.5, 0.6) is 11.5 Å². The molecule has 2 heterocycles. The molecule has 0 aliphatic carbocycles. The number of pyridine rings is 1. The Morgan fingerprint density at radius 1 is 1.18 bits per heavy atom. The molecule has 0 radical (unpaired) electrons. The Balaban J connectivity index is 1.49. The molecule has 2 atom stereocenters. The van der Waals surface area contributed by atoms with Crippen molar-refractivity contribution >= 4 is 16.8 Å². The number of benzene rings is 2. The first-order valence-electron chi connectivity index (χ1n) is 9.23. The molecule has 144 valence electrons. The molecule has 1 amide bonds. The molecule has 1 aliphatic rings. The first kappa shape index (κ1) is 18.3. The average molecular weight is 378 g/mol. The minimum absolute atomic E-state index is 0.0284. The van der Waals surface area contributed by atoms with Gasteiger partial charge in [-0.15, -0.1) is 0 Å². The van der Waals surface area contributed by atoms with Crippen molar-refractivity contribution in [2.75, 3.05) is 20.2 Å². The maximum atomic E-state index is 12.8. The second-order valence-electron chi connectivity index (χ2n) is 7.16. The number of aliphatic hydroxyl groups excluding tert-OH is 1. The zero-order valence-corrected chi connectivity index (χ0v) is 15.6. The van der Waals surface area contributed by atoms with E-state index in [1.54, 1.807) is 11.0 Å². The fourth-order valence-corrected chi connectivity index (χ4v) is 3.72. The van der Waals surface area contributed by atoms with E-state index in [1.807, 2.05) is 36.4 Å². The number of aromatic nitrogens is 1. The number of phenols is 1. The summed E-state index contributed by atoms with van der Waals surface area (Å²) in [6.45, 7) is 0.696. The summed E-state index contributed by atoms with van der Waals surface area (Å²) >= 11 is 0. The van der Waals surface area contributed by atoms with Gasteiger partial charge in [0.05, 0.1) is 18.7 Å². The van der Waals surface area contributed by atoms with Crippen molar-refractivity contribution in [1.82, 2.24) is 9.88 Å². The maximum absolute atomic E-state index is 12.8. The van der Waals surface area contributed by atoms with Gasteiger partial charge in [-0.25, -0.2) is 0 Å². The molecular formula is C22H22N2O4. The highest BCUT2D eigenvalue weighted by Crippen LogP contribution is 2.27. The van der Waals surface area contributed by atoms with Gasteiger partial charge in [0, 0.05) is 41.7 Å². The summed E-state index contributed by atoms with van der Waals surface area (Å²) in [6.07, 6.45) is -0.0181. The number of hydrogen-bond acceptors (Lipinski definition) is 5. The number of hydrogen-bond donors (Lipinski definition) is 2. The van der Waals surface area contributed by atoms with Crippen LogP contribution in [0.4, 0.5) is 0 Å². The Morgan fingerprint density at radius 3 is 2.82 bits per heavy atom. The van der Waals surface area contributed by atoms with Crippen molar-refractivity contribution in [2.24, 2.45) is 5.92 Å². The molecular weight excluding hydrogens is 356 g/mol. The number of likely N-dealkylation sites (tertiary alicyclic amines) is 1. The second-order valence-corrected chi connectivity index (χ2v) is 7.16. The molecule has 2 aromatic carbocycles. The van der Waals surface area contributed by atoms with Crippen molar-refractivity contribution in [3.05, 3.63) is 65.9 Å². The molecule has 2 N–H and O–H groups in total. The highest BCUT2D eigenvalue weighted by atomic mass is 16.5. The number of aliphatic hydroxyl groups is 1. The minimum atomic E-state index is -0.614. The molecule has 1 aliphatic heterocycles. The van der Waals surface area contributed by atoms with E-state index >= 15 is 0 Å². The summed E-state index contributed by atoms with van der Waals surface area (Å²) in [5, 5.41) is 21.4. The number of carbonyl (C=O) groups excluding carboxylic acids is 1. The monoisotopic (exact) mass is 378 g/mol. The zero-order chi connectivity index (χ0) is 19.7. The summed E-state index contributed by atoms with van der Waals surface area (Å²) in [6, 6.07) is 16.4. The maximum Gasteiger partial charge on any atom is 0.254 e. The average Bonchev–Trinajstić information content (AvgIpc) is 3.07. The Hall–Kier alpha value is -3.12. The summed E-state index contributed by atoms with van der Waals surface area (Å²) < 4.78 is 5.12. The normalized spacial score (nSPS) is 19.1. The highest BCUT2D eigenvalue weighted by Gasteiger charge is 2.34. The Kier molecular flexibility index (Phi) is 4.88. The van der Waals surface area contributed by atoms with Crippen LogP contribution >= 0.6 is 0 Å². The molecule has 28 heavy (non-hydrogen) atoms. The van der Waals surface area contributed by atoms with Gasteiger partial charge in [0.2, 0.25) is 0 Å². The van der Waals surface area contributed by atoms with Gasteiger partial charge in [-0.05, 0) is 30.7 Å². The van der Waals surface area contributed by atoms with Crippen LogP contribution < -0.4 is 4.74 Å². The van der Waals surface area contributed by atoms with Gasteiger partial charge >= 0.3 is 0 Å². The third kappa shape index (κ3) is 3.64. The number of carbonyl (C=O) groups is 1. The number of para-hydroxylation sites is 1. The molecule has 0 saturated carbocycles. The second kappa shape index (κ2) is 7.48. The lowest BCUT2D eigenvalue weighted by Crippen LogP contribution is -2.29. The molecule has 0 bridgehead atoms. The van der Waals surface area contributed by atoms with Gasteiger partial charge in [-0.3, -0.25) is 9.78 Å². The fourth-order valence-electron chi connectivity index (χ4n) is 3.72. The lowest BCUT2D eigenvalue weighted by molar-refractivity contribution is 0.0764. The van der Waals surface area contributed by atoms with Gasteiger partial charge in [0.25, 0.3) is 5.91 Å². The number of amides is 1. The van der Waals surface area contributed by atoms with E-state index in [1.165, 1.54) is 19.2 Å². The molecule has 6 nitrogen and oxygen atoms in total. The van der Waals surface area contributed by atoms with Crippen LogP contribution in [0.15, 0.2) is 54.6 Å². The molecule has 0 spiro atoms. The van der Waals surface area contributed by atoms with E-state index in [2.05, 4.69) is 4.98 Å². The number of fused-ring (bicyclic) bond motifs is 1. The van der Waals surface area contributed by atoms with Crippen LogP contribution in [0, 0.1) is 5.92 Å². The van der Waals surface area contributed by atoms with Crippen LogP contribution in [0.1, 0.15) is 16.1 Å². The van der Waals surface area contributed by atoms with Gasteiger partial charge in [0.15, 0.2) is 0 Å². The molecule has 1 aromatic heterocycles. The molecule has 1 fully saturated rings. The topological polar surface area (TPSA) is 82.9 Å². The summed E-state index contributed by atoms with van der Waals surface area (Å²) in [5.74, 6) is 0.0680. The number of ether oxygens (including phenoxy) is 1. The van der Waals surface area contributed by atoms with E-state index < -0.39 is 6.10 Å². The van der Waals surface area contributed by atoms with Crippen molar-refractivity contribution in [3.63, 3.8) is 0 Å². The first-order valence-corrected chi connectivity index (χ1v) is 9.23. The number of methoxy groups -OCH3 is 1. The van der Waals surface area contributed by atoms with Crippen LogP contribution in [-0.2, 0) is 6.42 Å². The third-order valence-corrected chi connectivity index (χ3v) is 5.20. The van der Waals surface area contributed by atoms with Crippen LogP contribution in [0.25, 0.3) is 10.9 Å². The van der Waals surface area contributed by atoms with E-state index in [0.717, 1.165) is 16.6 Å². The first-order chi connectivity index (χ1) is 13.5. The van der Waals surface area contributed by atoms with E-state index in [0.29, 0.717) is 24.3 Å². The van der Waals surface area contributed by atoms with Crippen molar-refractivity contribution in [2.45, 2.75) is 12.5 Å². The Bertz CT molecular complexity index is 1020. The number of phenolic OH excluding ortho intramolecular Hbond substituents is 1. The van der Waals surface area contributed by atoms with Crippen LogP contribution in [-0.4, -0.2) is 52.3 Å². The molecule has 3 aromatic rings. The molecule has 4 rings (SSSR count). The van der Waals surface area contributed by atoms with E-state index in [-0.39, 0.29) is 24.1 Å². The van der Waals surface area contributed by atoms with Gasteiger partial charge in [0.1, 0.15) is 11.5 Å². The van der Waals surface area contributed by atoms with Gasteiger partial charge in [-0.1, -0.05) is 24.3 Å². The lowest BCUT2D eigenvalue weighted by atomic mass is 9.99. The summed E-state index contributed by atoms with van der Waals surface area (Å²) in [5.41, 5.74) is 2.16. The van der Waals surface area contributed by atoms with Crippen LogP contribution in [0.3, 0.4) is 0 Å². The molecule has 0 unspecified atom stereocenters. The quantitative estimate of drug-likeness (QED) is 0.729. The largest absolute Gasteiger partial charge is 0.508 e. The van der Waals surface area contributed by atoms with E-state index in [9.17, 15) is 15.0 Å². The number of aromatic hydroxyl groups is 1. The molecule has 6 heteroatoms. The van der Waals surface area contributed by atoms with Gasteiger partial charge in [-0.2, -0.15) is 0 Å².